The van der Waals surface area contributed by atoms with Gasteiger partial charge in [-0.15, -0.1) is 0 Å². The minimum Gasteiger partial charge on any atom is -0.494 e. The SMILES string of the molecule is CCOc1ccccc1CN1CCN(S(=O)(=O)c2ccc3ccccc3c2)CC1.O=C(O)C(=O)O. The lowest BCUT2D eigenvalue weighted by molar-refractivity contribution is -0.159. The first-order valence-electron chi connectivity index (χ1n) is 11.1. The average Bonchev–Trinajstić information content (AvgIpc) is 2.86. The molecule has 10 heteroatoms. The second-order valence-electron chi connectivity index (χ2n) is 7.84. The van der Waals surface area contributed by atoms with Crippen LogP contribution in [0, 0.1) is 0 Å². The largest absolute Gasteiger partial charge is 0.494 e. The number of sulfonamides is 1. The Labute approximate surface area is 204 Å². The van der Waals surface area contributed by atoms with Crippen molar-refractivity contribution in [3.05, 3.63) is 72.3 Å². The third kappa shape index (κ3) is 6.78. The molecule has 3 aromatic carbocycles. The van der Waals surface area contributed by atoms with E-state index in [1.807, 2.05) is 55.5 Å². The summed E-state index contributed by atoms with van der Waals surface area (Å²) in [6, 6.07) is 21.2. The Kier molecular flexibility index (Phi) is 8.80. The molecule has 1 aliphatic rings. The zero-order valence-corrected chi connectivity index (χ0v) is 20.1. The van der Waals surface area contributed by atoms with Crippen molar-refractivity contribution in [2.45, 2.75) is 18.4 Å². The highest BCUT2D eigenvalue weighted by Crippen LogP contribution is 2.24. The fraction of sp³-hybridized carbons (Fsp3) is 0.280. The first-order chi connectivity index (χ1) is 16.7. The van der Waals surface area contributed by atoms with Crippen molar-refractivity contribution in [3.63, 3.8) is 0 Å². The fourth-order valence-corrected chi connectivity index (χ4v) is 5.23. The highest BCUT2D eigenvalue weighted by molar-refractivity contribution is 7.89. The lowest BCUT2D eigenvalue weighted by Crippen LogP contribution is -2.48. The van der Waals surface area contributed by atoms with Gasteiger partial charge >= 0.3 is 11.9 Å². The number of rotatable bonds is 6. The smallest absolute Gasteiger partial charge is 0.414 e. The molecule has 0 unspecified atom stereocenters. The van der Waals surface area contributed by atoms with Crippen LogP contribution < -0.4 is 4.74 Å². The maximum atomic E-state index is 13.1. The quantitative estimate of drug-likeness (QED) is 0.495. The molecule has 1 aliphatic heterocycles. The molecule has 0 spiro atoms. The third-order valence-electron chi connectivity index (χ3n) is 5.54. The first-order valence-corrected chi connectivity index (χ1v) is 12.5. The van der Waals surface area contributed by atoms with Gasteiger partial charge in [-0.3, -0.25) is 4.90 Å². The van der Waals surface area contributed by atoms with Crippen molar-refractivity contribution in [2.75, 3.05) is 32.8 Å². The Bertz CT molecular complexity index is 1270. The number of nitrogens with zero attached hydrogens (tertiary/aromatic N) is 2. The number of piperazine rings is 1. The number of carboxylic acid groups (broad SMARTS) is 2. The molecule has 1 fully saturated rings. The first kappa shape index (κ1) is 26.1. The average molecular weight is 501 g/mol. The number of carbonyl (C=O) groups is 2. The molecule has 0 atom stereocenters. The number of hydrogen-bond acceptors (Lipinski definition) is 6. The minimum atomic E-state index is -3.48. The number of para-hydroxylation sites is 1. The van der Waals surface area contributed by atoms with Crippen LogP contribution in [0.1, 0.15) is 12.5 Å². The number of aliphatic carboxylic acids is 2. The summed E-state index contributed by atoms with van der Waals surface area (Å²) in [5.74, 6) is -2.74. The van der Waals surface area contributed by atoms with Crippen molar-refractivity contribution in [3.8, 4) is 5.75 Å². The monoisotopic (exact) mass is 500 g/mol. The van der Waals surface area contributed by atoms with E-state index in [2.05, 4.69) is 11.0 Å². The van der Waals surface area contributed by atoms with Crippen molar-refractivity contribution < 1.29 is 33.0 Å². The van der Waals surface area contributed by atoms with Crippen LogP contribution >= 0.6 is 0 Å². The van der Waals surface area contributed by atoms with Gasteiger partial charge in [-0.2, -0.15) is 4.31 Å². The summed E-state index contributed by atoms with van der Waals surface area (Å²) in [7, 11) is -3.48. The van der Waals surface area contributed by atoms with Crippen LogP contribution in [0.25, 0.3) is 10.8 Å². The third-order valence-corrected chi connectivity index (χ3v) is 7.43. The topological polar surface area (TPSA) is 124 Å². The molecule has 9 nitrogen and oxygen atoms in total. The summed E-state index contributed by atoms with van der Waals surface area (Å²) in [6.45, 7) is 5.76. The van der Waals surface area contributed by atoms with Crippen LogP contribution in [0.5, 0.6) is 5.75 Å². The van der Waals surface area contributed by atoms with Crippen LogP contribution in [0.15, 0.2) is 71.6 Å². The molecule has 0 aromatic heterocycles. The van der Waals surface area contributed by atoms with Gasteiger partial charge < -0.3 is 14.9 Å². The van der Waals surface area contributed by atoms with Crippen LogP contribution in [-0.2, 0) is 26.2 Å². The van der Waals surface area contributed by atoms with Gasteiger partial charge in [0.05, 0.1) is 11.5 Å². The van der Waals surface area contributed by atoms with Crippen molar-refractivity contribution in [1.82, 2.24) is 9.21 Å². The Morgan fingerprint density at radius 2 is 1.46 bits per heavy atom. The maximum absolute atomic E-state index is 13.1. The molecule has 2 N–H and O–H groups in total. The summed E-state index contributed by atoms with van der Waals surface area (Å²) in [4.78, 5) is 20.8. The zero-order chi connectivity index (χ0) is 25.4. The van der Waals surface area contributed by atoms with Gasteiger partial charge in [-0.1, -0.05) is 48.5 Å². The Morgan fingerprint density at radius 1 is 0.857 bits per heavy atom. The molecule has 0 radical (unpaired) electrons. The summed E-state index contributed by atoms with van der Waals surface area (Å²) in [5, 5.41) is 16.8. The van der Waals surface area contributed by atoms with E-state index in [-0.39, 0.29) is 0 Å². The van der Waals surface area contributed by atoms with Crippen LogP contribution in [0.2, 0.25) is 0 Å². The number of carboxylic acids is 2. The molecule has 186 valence electrons. The molecule has 35 heavy (non-hydrogen) atoms. The van der Waals surface area contributed by atoms with Gasteiger partial charge in [0.1, 0.15) is 5.75 Å². The summed E-state index contributed by atoms with van der Waals surface area (Å²) >= 11 is 0. The number of ether oxygens (including phenoxy) is 1. The van der Waals surface area contributed by atoms with E-state index >= 15 is 0 Å². The molecule has 0 amide bonds. The lowest BCUT2D eigenvalue weighted by Gasteiger charge is -2.34. The van der Waals surface area contributed by atoms with Crippen LogP contribution in [0.3, 0.4) is 0 Å². The predicted molar refractivity (Wildman–Crippen MR) is 131 cm³/mol. The van der Waals surface area contributed by atoms with Crippen LogP contribution in [-0.4, -0.2) is 72.6 Å². The fourth-order valence-electron chi connectivity index (χ4n) is 3.78. The molecule has 1 saturated heterocycles. The van der Waals surface area contributed by atoms with E-state index in [9.17, 15) is 8.42 Å². The second-order valence-corrected chi connectivity index (χ2v) is 9.78. The summed E-state index contributed by atoms with van der Waals surface area (Å²) in [5.41, 5.74) is 1.14. The second kappa shape index (κ2) is 11.8. The van der Waals surface area contributed by atoms with Gasteiger partial charge in [-0.25, -0.2) is 18.0 Å². The van der Waals surface area contributed by atoms with Crippen molar-refractivity contribution >= 4 is 32.7 Å². The Hall–Kier alpha value is -3.47. The van der Waals surface area contributed by atoms with E-state index in [0.717, 1.165) is 28.6 Å². The zero-order valence-electron chi connectivity index (χ0n) is 19.3. The predicted octanol–water partition coefficient (Wildman–Crippen LogP) is 2.90. The standard InChI is InChI=1S/C23H26N2O3S.C2H2O4/c1-2-28-23-10-6-5-9-21(23)18-24-13-15-25(16-14-24)29(26,27)22-12-11-19-7-3-4-8-20(19)17-22;3-1(4)2(5)6/h3-12,17H,2,13-16,18H2,1H3;(H,3,4)(H,5,6). The molecule has 0 aliphatic carbocycles. The van der Waals surface area contributed by atoms with Gasteiger partial charge in [0, 0.05) is 38.3 Å². The minimum absolute atomic E-state index is 0.367. The van der Waals surface area contributed by atoms with E-state index in [1.54, 1.807) is 16.4 Å². The van der Waals surface area contributed by atoms with E-state index in [0.29, 0.717) is 37.7 Å². The van der Waals surface area contributed by atoms with Gasteiger partial charge in [0.25, 0.3) is 0 Å². The Morgan fingerprint density at radius 3 is 2.09 bits per heavy atom. The molecular weight excluding hydrogens is 472 g/mol. The molecule has 0 bridgehead atoms. The molecule has 0 saturated carbocycles. The number of fused-ring (bicyclic) bond motifs is 1. The summed E-state index contributed by atoms with van der Waals surface area (Å²) < 4.78 is 33.6. The molecular formula is C25H28N2O7S. The van der Waals surface area contributed by atoms with Crippen molar-refractivity contribution in [2.24, 2.45) is 0 Å². The van der Waals surface area contributed by atoms with E-state index < -0.39 is 22.0 Å². The summed E-state index contributed by atoms with van der Waals surface area (Å²) in [6.07, 6.45) is 0. The van der Waals surface area contributed by atoms with Crippen molar-refractivity contribution in [1.29, 1.82) is 0 Å². The van der Waals surface area contributed by atoms with Gasteiger partial charge in [0.2, 0.25) is 10.0 Å². The molecule has 4 rings (SSSR count). The van der Waals surface area contributed by atoms with Crippen LogP contribution in [0.4, 0.5) is 0 Å². The number of benzene rings is 3. The van der Waals surface area contributed by atoms with E-state index in [1.165, 1.54) is 0 Å². The normalized spacial score (nSPS) is 14.7. The molecule has 3 aromatic rings. The highest BCUT2D eigenvalue weighted by atomic mass is 32.2. The van der Waals surface area contributed by atoms with E-state index in [4.69, 9.17) is 24.5 Å². The maximum Gasteiger partial charge on any atom is 0.414 e. The molecule has 1 heterocycles. The lowest BCUT2D eigenvalue weighted by atomic mass is 10.1. The van der Waals surface area contributed by atoms with Gasteiger partial charge in [0.15, 0.2) is 0 Å². The highest BCUT2D eigenvalue weighted by Gasteiger charge is 2.28. The van der Waals surface area contributed by atoms with Gasteiger partial charge in [-0.05, 0) is 35.9 Å². The number of hydrogen-bond donors (Lipinski definition) is 2. The Balaban J connectivity index is 0.000000509.